The number of hydrogen-bond acceptors (Lipinski definition) is 3. The van der Waals surface area contributed by atoms with E-state index in [1.165, 1.54) is 0 Å². The average Bonchev–Trinajstić information content (AvgIpc) is 2.67. The molecular formula is C15H19N3O. The molecule has 0 aliphatic carbocycles. The van der Waals surface area contributed by atoms with Gasteiger partial charge in [0.25, 0.3) is 0 Å². The van der Waals surface area contributed by atoms with Crippen LogP contribution in [-0.4, -0.2) is 22.2 Å². The molecule has 0 atom stereocenters. The molecule has 2 rings (SSSR count). The highest BCUT2D eigenvalue weighted by molar-refractivity contribution is 5.78. The van der Waals surface area contributed by atoms with Gasteiger partial charge < -0.3 is 15.0 Å². The Balaban J connectivity index is 2.46. The van der Waals surface area contributed by atoms with Crippen LogP contribution in [0.3, 0.4) is 0 Å². The molecule has 1 heterocycles. The molecule has 19 heavy (non-hydrogen) atoms. The predicted octanol–water partition coefficient (Wildman–Crippen LogP) is 1.96. The molecule has 0 saturated heterocycles. The van der Waals surface area contributed by atoms with E-state index in [1.54, 1.807) is 0 Å². The maximum absolute atomic E-state index is 5.68. The molecule has 0 bridgehead atoms. The topological polar surface area (TPSA) is 53.1 Å². The predicted molar refractivity (Wildman–Crippen MR) is 77.1 cm³/mol. The summed E-state index contributed by atoms with van der Waals surface area (Å²) in [6.45, 7) is 5.07. The third-order valence-electron chi connectivity index (χ3n) is 2.79. The molecule has 100 valence electrons. The summed E-state index contributed by atoms with van der Waals surface area (Å²) in [5, 5.41) is 0. The number of imidazole rings is 1. The van der Waals surface area contributed by atoms with E-state index in [2.05, 4.69) is 10.9 Å². The number of benzene rings is 1. The van der Waals surface area contributed by atoms with Gasteiger partial charge in [0.05, 0.1) is 23.7 Å². The van der Waals surface area contributed by atoms with E-state index in [0.717, 1.165) is 29.0 Å². The smallest absolute Gasteiger partial charge is 0.121 e. The number of fused-ring (bicyclic) bond motifs is 1. The van der Waals surface area contributed by atoms with E-state index in [-0.39, 0.29) is 6.10 Å². The number of nitrogens with two attached hydrogens (primary N) is 1. The van der Waals surface area contributed by atoms with Crippen molar-refractivity contribution in [3.8, 4) is 18.1 Å². The van der Waals surface area contributed by atoms with Gasteiger partial charge in [0, 0.05) is 12.5 Å². The van der Waals surface area contributed by atoms with Crippen LogP contribution in [0.2, 0.25) is 0 Å². The zero-order valence-corrected chi connectivity index (χ0v) is 11.4. The minimum Gasteiger partial charge on any atom is -0.491 e. The van der Waals surface area contributed by atoms with Gasteiger partial charge in [-0.1, -0.05) is 5.92 Å². The van der Waals surface area contributed by atoms with E-state index in [1.807, 2.05) is 36.6 Å². The molecule has 0 saturated carbocycles. The summed E-state index contributed by atoms with van der Waals surface area (Å²) in [5.41, 5.74) is 7.54. The maximum Gasteiger partial charge on any atom is 0.121 e. The highest BCUT2D eigenvalue weighted by atomic mass is 16.5. The highest BCUT2D eigenvalue weighted by Gasteiger charge is 2.10. The van der Waals surface area contributed by atoms with E-state index >= 15 is 0 Å². The lowest BCUT2D eigenvalue weighted by molar-refractivity contribution is 0.242. The monoisotopic (exact) mass is 257 g/mol. The Morgan fingerprint density at radius 1 is 1.47 bits per heavy atom. The van der Waals surface area contributed by atoms with Crippen LogP contribution in [0.5, 0.6) is 5.75 Å². The zero-order valence-electron chi connectivity index (χ0n) is 11.4. The van der Waals surface area contributed by atoms with Crippen molar-refractivity contribution in [2.24, 2.45) is 5.73 Å². The van der Waals surface area contributed by atoms with Crippen LogP contribution in [0, 0.1) is 12.3 Å². The van der Waals surface area contributed by atoms with E-state index in [0.29, 0.717) is 13.1 Å². The molecule has 4 nitrogen and oxygen atoms in total. The first-order chi connectivity index (χ1) is 9.15. The molecule has 0 radical (unpaired) electrons. The fourth-order valence-electron chi connectivity index (χ4n) is 2.09. The van der Waals surface area contributed by atoms with Crippen LogP contribution in [0.1, 0.15) is 19.7 Å². The number of aromatic nitrogens is 2. The summed E-state index contributed by atoms with van der Waals surface area (Å²) in [4.78, 5) is 4.60. The Labute approximate surface area is 113 Å². The van der Waals surface area contributed by atoms with Crippen molar-refractivity contribution in [3.05, 3.63) is 24.0 Å². The van der Waals surface area contributed by atoms with Gasteiger partial charge >= 0.3 is 0 Å². The standard InChI is InChI=1S/C15H19N3O/c1-4-9-18-14-6-5-12(19-11(2)3)10-13(14)17-15(18)7-8-16/h1,5-6,10-11H,7-9,16H2,2-3H3. The molecule has 2 N–H and O–H groups in total. The summed E-state index contributed by atoms with van der Waals surface area (Å²) in [6, 6.07) is 5.89. The number of rotatable bonds is 5. The SMILES string of the molecule is C#CCn1c(CCN)nc2cc(OC(C)C)ccc21. The Morgan fingerprint density at radius 3 is 2.89 bits per heavy atom. The lowest BCUT2D eigenvalue weighted by atomic mass is 10.3. The largest absolute Gasteiger partial charge is 0.491 e. The first-order valence-corrected chi connectivity index (χ1v) is 6.45. The molecular weight excluding hydrogens is 238 g/mol. The van der Waals surface area contributed by atoms with Crippen molar-refractivity contribution in [2.45, 2.75) is 32.9 Å². The second-order valence-electron chi connectivity index (χ2n) is 4.67. The van der Waals surface area contributed by atoms with Gasteiger partial charge in [-0.2, -0.15) is 0 Å². The maximum atomic E-state index is 5.68. The summed E-state index contributed by atoms with van der Waals surface area (Å²) in [6.07, 6.45) is 6.28. The van der Waals surface area contributed by atoms with Crippen molar-refractivity contribution in [3.63, 3.8) is 0 Å². The number of terminal acetylenes is 1. The second kappa shape index (κ2) is 5.77. The fraction of sp³-hybridized carbons (Fsp3) is 0.400. The lowest BCUT2D eigenvalue weighted by Crippen LogP contribution is -2.09. The van der Waals surface area contributed by atoms with Gasteiger partial charge in [0.1, 0.15) is 11.6 Å². The van der Waals surface area contributed by atoms with Crippen molar-refractivity contribution in [2.75, 3.05) is 6.54 Å². The number of ether oxygens (including phenoxy) is 1. The Morgan fingerprint density at radius 2 is 2.26 bits per heavy atom. The number of hydrogen-bond donors (Lipinski definition) is 1. The zero-order chi connectivity index (χ0) is 13.8. The van der Waals surface area contributed by atoms with Crippen LogP contribution in [0.25, 0.3) is 11.0 Å². The van der Waals surface area contributed by atoms with E-state index in [9.17, 15) is 0 Å². The van der Waals surface area contributed by atoms with Gasteiger partial charge in [-0.25, -0.2) is 4.98 Å². The Kier molecular flexibility index (Phi) is 4.08. The normalized spacial score (nSPS) is 10.9. The van der Waals surface area contributed by atoms with Crippen molar-refractivity contribution in [1.82, 2.24) is 9.55 Å². The minimum atomic E-state index is 0.147. The van der Waals surface area contributed by atoms with Gasteiger partial charge in [0.2, 0.25) is 0 Å². The van der Waals surface area contributed by atoms with Crippen molar-refractivity contribution < 1.29 is 4.74 Å². The minimum absolute atomic E-state index is 0.147. The summed E-state index contributed by atoms with van der Waals surface area (Å²) in [7, 11) is 0. The third kappa shape index (κ3) is 2.88. The molecule has 0 unspecified atom stereocenters. The van der Waals surface area contributed by atoms with Gasteiger partial charge in [0.15, 0.2) is 0 Å². The first kappa shape index (κ1) is 13.4. The number of nitrogens with zero attached hydrogens (tertiary/aromatic N) is 2. The molecule has 0 aliphatic rings. The Hall–Kier alpha value is -1.99. The summed E-state index contributed by atoms with van der Waals surface area (Å²) in [5.74, 6) is 4.41. The molecule has 1 aromatic heterocycles. The van der Waals surface area contributed by atoms with Crippen LogP contribution < -0.4 is 10.5 Å². The first-order valence-electron chi connectivity index (χ1n) is 6.45. The fourth-order valence-corrected chi connectivity index (χ4v) is 2.09. The second-order valence-corrected chi connectivity index (χ2v) is 4.67. The van der Waals surface area contributed by atoms with E-state index < -0.39 is 0 Å². The summed E-state index contributed by atoms with van der Waals surface area (Å²) >= 11 is 0. The van der Waals surface area contributed by atoms with Crippen molar-refractivity contribution >= 4 is 11.0 Å². The molecule has 0 amide bonds. The molecule has 4 heteroatoms. The quantitative estimate of drug-likeness (QED) is 0.833. The van der Waals surface area contributed by atoms with Crippen molar-refractivity contribution in [1.29, 1.82) is 0 Å². The summed E-state index contributed by atoms with van der Waals surface area (Å²) < 4.78 is 7.71. The van der Waals surface area contributed by atoms with Crippen LogP contribution in [0.15, 0.2) is 18.2 Å². The van der Waals surface area contributed by atoms with Crippen LogP contribution in [0.4, 0.5) is 0 Å². The van der Waals surface area contributed by atoms with Gasteiger partial charge in [-0.15, -0.1) is 6.42 Å². The van der Waals surface area contributed by atoms with Gasteiger partial charge in [-0.3, -0.25) is 0 Å². The molecule has 1 aromatic carbocycles. The third-order valence-corrected chi connectivity index (χ3v) is 2.79. The highest BCUT2D eigenvalue weighted by Crippen LogP contribution is 2.23. The molecule has 0 fully saturated rings. The lowest BCUT2D eigenvalue weighted by Gasteiger charge is -2.09. The molecule has 0 spiro atoms. The molecule has 0 aliphatic heterocycles. The molecule has 2 aromatic rings. The average molecular weight is 257 g/mol. The van der Waals surface area contributed by atoms with Crippen LogP contribution in [-0.2, 0) is 13.0 Å². The van der Waals surface area contributed by atoms with E-state index in [4.69, 9.17) is 16.9 Å². The van der Waals surface area contributed by atoms with Crippen LogP contribution >= 0.6 is 0 Å². The van der Waals surface area contributed by atoms with Gasteiger partial charge in [-0.05, 0) is 32.5 Å². The Bertz CT molecular complexity index is 608.